The Kier molecular flexibility index (Phi) is 5.42. The summed E-state index contributed by atoms with van der Waals surface area (Å²) in [6.45, 7) is 8.85. The monoisotopic (exact) mass is 411 g/mol. The van der Waals surface area contributed by atoms with Crippen molar-refractivity contribution in [3.63, 3.8) is 0 Å². The molecular formula is C26H25N3O2. The lowest BCUT2D eigenvalue weighted by molar-refractivity contribution is -0.384. The highest BCUT2D eigenvalue weighted by Gasteiger charge is 2.14. The molecule has 5 heteroatoms. The van der Waals surface area contributed by atoms with Gasteiger partial charge in [-0.3, -0.25) is 14.8 Å². The van der Waals surface area contributed by atoms with Gasteiger partial charge >= 0.3 is 0 Å². The van der Waals surface area contributed by atoms with Crippen molar-refractivity contribution < 1.29 is 4.92 Å². The Morgan fingerprint density at radius 2 is 1.45 bits per heavy atom. The molecule has 0 unspecified atom stereocenters. The van der Waals surface area contributed by atoms with E-state index >= 15 is 0 Å². The summed E-state index contributed by atoms with van der Waals surface area (Å²) in [6.07, 6.45) is 0. The fourth-order valence-corrected chi connectivity index (χ4v) is 3.65. The van der Waals surface area contributed by atoms with Crippen molar-refractivity contribution in [2.24, 2.45) is 0 Å². The lowest BCUT2D eigenvalue weighted by atomic mass is 10.0. The van der Waals surface area contributed by atoms with E-state index in [9.17, 15) is 10.1 Å². The molecule has 0 aliphatic rings. The van der Waals surface area contributed by atoms with Gasteiger partial charge in [-0.05, 0) is 73.7 Å². The van der Waals surface area contributed by atoms with Gasteiger partial charge in [0.15, 0.2) is 0 Å². The largest absolute Gasteiger partial charge is 0.269 e. The number of benzene rings is 3. The standard InChI is InChI=1S/C26H25N3O2/c1-17-8-10-22(12-19(17)3)25-15-26(23-11-9-18(2)20(4)13-23)28(27-25)16-21-6-5-7-24(14-21)29(30)31/h5-15H,16H2,1-4H3. The summed E-state index contributed by atoms with van der Waals surface area (Å²) < 4.78 is 1.94. The third-order valence-corrected chi connectivity index (χ3v) is 5.84. The first kappa shape index (κ1) is 20.5. The summed E-state index contributed by atoms with van der Waals surface area (Å²) in [7, 11) is 0. The van der Waals surface area contributed by atoms with Crippen LogP contribution >= 0.6 is 0 Å². The normalized spacial score (nSPS) is 11.0. The Morgan fingerprint density at radius 3 is 2.10 bits per heavy atom. The lowest BCUT2D eigenvalue weighted by Gasteiger charge is -2.09. The van der Waals surface area contributed by atoms with Crippen molar-refractivity contribution in [3.8, 4) is 22.5 Å². The van der Waals surface area contributed by atoms with Crippen LogP contribution in [0.15, 0.2) is 66.7 Å². The summed E-state index contributed by atoms with van der Waals surface area (Å²) in [5.74, 6) is 0. The number of nitro groups is 1. The van der Waals surface area contributed by atoms with E-state index in [-0.39, 0.29) is 10.6 Å². The summed E-state index contributed by atoms with van der Waals surface area (Å²) in [5, 5.41) is 16.1. The summed E-state index contributed by atoms with van der Waals surface area (Å²) in [4.78, 5) is 10.8. The van der Waals surface area contributed by atoms with Crippen molar-refractivity contribution in [1.29, 1.82) is 0 Å². The van der Waals surface area contributed by atoms with Crippen LogP contribution in [0.3, 0.4) is 0 Å². The van der Waals surface area contributed by atoms with E-state index in [1.165, 1.54) is 28.3 Å². The van der Waals surface area contributed by atoms with Crippen LogP contribution in [0.25, 0.3) is 22.5 Å². The highest BCUT2D eigenvalue weighted by atomic mass is 16.6. The molecular weight excluding hydrogens is 386 g/mol. The second-order valence-corrected chi connectivity index (χ2v) is 8.10. The zero-order chi connectivity index (χ0) is 22.1. The first-order valence-corrected chi connectivity index (χ1v) is 10.3. The number of hydrogen-bond donors (Lipinski definition) is 0. The Balaban J connectivity index is 1.82. The Bertz CT molecular complexity index is 1290. The van der Waals surface area contributed by atoms with Gasteiger partial charge in [-0.25, -0.2) is 0 Å². The Morgan fingerprint density at radius 1 is 0.806 bits per heavy atom. The van der Waals surface area contributed by atoms with Crippen LogP contribution < -0.4 is 0 Å². The van der Waals surface area contributed by atoms with Gasteiger partial charge in [0.2, 0.25) is 0 Å². The third-order valence-electron chi connectivity index (χ3n) is 5.84. The average Bonchev–Trinajstić information content (AvgIpc) is 3.16. The second kappa shape index (κ2) is 8.19. The molecule has 3 aromatic carbocycles. The van der Waals surface area contributed by atoms with E-state index in [1.54, 1.807) is 12.1 Å². The molecule has 0 atom stereocenters. The number of nitro benzene ring substituents is 1. The zero-order valence-electron chi connectivity index (χ0n) is 18.2. The van der Waals surface area contributed by atoms with Gasteiger partial charge in [-0.1, -0.05) is 36.4 Å². The maximum absolute atomic E-state index is 11.2. The minimum Gasteiger partial charge on any atom is -0.260 e. The molecule has 0 aliphatic heterocycles. The fourth-order valence-electron chi connectivity index (χ4n) is 3.65. The number of nitrogens with zero attached hydrogens (tertiary/aromatic N) is 3. The van der Waals surface area contributed by atoms with Crippen LogP contribution in [-0.4, -0.2) is 14.7 Å². The predicted molar refractivity (Wildman–Crippen MR) is 124 cm³/mol. The third kappa shape index (κ3) is 4.26. The summed E-state index contributed by atoms with van der Waals surface area (Å²) in [5.41, 5.74) is 9.87. The van der Waals surface area contributed by atoms with E-state index < -0.39 is 0 Å². The van der Waals surface area contributed by atoms with E-state index in [0.29, 0.717) is 6.54 Å². The molecule has 0 aliphatic carbocycles. The Labute approximate surface area is 182 Å². The van der Waals surface area contributed by atoms with Crippen LogP contribution in [0, 0.1) is 37.8 Å². The Hall–Kier alpha value is -3.73. The molecule has 0 N–H and O–H groups in total. The molecule has 0 spiro atoms. The molecule has 5 nitrogen and oxygen atoms in total. The molecule has 4 aromatic rings. The average molecular weight is 412 g/mol. The van der Waals surface area contributed by atoms with Crippen LogP contribution in [0.4, 0.5) is 5.69 Å². The maximum Gasteiger partial charge on any atom is 0.269 e. The molecule has 0 bridgehead atoms. The highest BCUT2D eigenvalue weighted by molar-refractivity contribution is 5.70. The number of aryl methyl sites for hydroxylation is 4. The maximum atomic E-state index is 11.2. The molecule has 4 rings (SSSR count). The van der Waals surface area contributed by atoms with Crippen molar-refractivity contribution in [2.75, 3.05) is 0 Å². The van der Waals surface area contributed by atoms with Crippen LogP contribution in [0.5, 0.6) is 0 Å². The summed E-state index contributed by atoms with van der Waals surface area (Å²) in [6, 6.07) is 21.6. The minimum atomic E-state index is -0.364. The number of hydrogen-bond acceptors (Lipinski definition) is 3. The first-order chi connectivity index (χ1) is 14.8. The van der Waals surface area contributed by atoms with E-state index in [0.717, 1.165) is 28.1 Å². The van der Waals surface area contributed by atoms with Crippen molar-refractivity contribution >= 4 is 5.69 Å². The molecule has 0 saturated heterocycles. The number of non-ortho nitro benzene ring substituents is 1. The lowest BCUT2D eigenvalue weighted by Crippen LogP contribution is -2.04. The van der Waals surface area contributed by atoms with Gasteiger partial charge in [0.05, 0.1) is 22.9 Å². The predicted octanol–water partition coefficient (Wildman–Crippen LogP) is 6.41. The van der Waals surface area contributed by atoms with Gasteiger partial charge in [-0.15, -0.1) is 0 Å². The molecule has 0 amide bonds. The number of aromatic nitrogens is 2. The SMILES string of the molecule is Cc1ccc(-c2cc(-c3ccc(C)c(C)c3)n(Cc3cccc([N+](=O)[O-])c3)n2)cc1C. The van der Waals surface area contributed by atoms with E-state index in [1.807, 2.05) is 10.7 Å². The van der Waals surface area contributed by atoms with Gasteiger partial charge in [0.25, 0.3) is 5.69 Å². The fraction of sp³-hybridized carbons (Fsp3) is 0.192. The van der Waals surface area contributed by atoms with Gasteiger partial charge < -0.3 is 0 Å². The molecule has 1 aromatic heterocycles. The first-order valence-electron chi connectivity index (χ1n) is 10.3. The van der Waals surface area contributed by atoms with Gasteiger partial charge in [-0.2, -0.15) is 5.10 Å². The molecule has 156 valence electrons. The zero-order valence-corrected chi connectivity index (χ0v) is 18.2. The van der Waals surface area contributed by atoms with Gasteiger partial charge in [0, 0.05) is 23.3 Å². The smallest absolute Gasteiger partial charge is 0.260 e. The van der Waals surface area contributed by atoms with Crippen LogP contribution in [0.1, 0.15) is 27.8 Å². The molecule has 0 saturated carbocycles. The number of rotatable bonds is 5. The van der Waals surface area contributed by atoms with Crippen LogP contribution in [-0.2, 0) is 6.54 Å². The van der Waals surface area contributed by atoms with Crippen LogP contribution in [0.2, 0.25) is 0 Å². The van der Waals surface area contributed by atoms with Crippen molar-refractivity contribution in [3.05, 3.63) is 105 Å². The van der Waals surface area contributed by atoms with E-state index in [4.69, 9.17) is 5.10 Å². The van der Waals surface area contributed by atoms with E-state index in [2.05, 4.69) is 70.2 Å². The minimum absolute atomic E-state index is 0.0896. The molecule has 0 radical (unpaired) electrons. The second-order valence-electron chi connectivity index (χ2n) is 8.10. The van der Waals surface area contributed by atoms with Gasteiger partial charge in [0.1, 0.15) is 0 Å². The quantitative estimate of drug-likeness (QED) is 0.282. The van der Waals surface area contributed by atoms with Crippen molar-refractivity contribution in [2.45, 2.75) is 34.2 Å². The van der Waals surface area contributed by atoms with Crippen molar-refractivity contribution in [1.82, 2.24) is 9.78 Å². The molecule has 0 fully saturated rings. The molecule has 31 heavy (non-hydrogen) atoms. The molecule has 1 heterocycles. The topological polar surface area (TPSA) is 61.0 Å². The summed E-state index contributed by atoms with van der Waals surface area (Å²) >= 11 is 0. The highest BCUT2D eigenvalue weighted by Crippen LogP contribution is 2.29.